The summed E-state index contributed by atoms with van der Waals surface area (Å²) in [7, 11) is 0. The molecule has 0 amide bonds. The Balaban J connectivity index is 2.88. The Hall–Kier alpha value is -2.74. The molecule has 0 aromatic heterocycles. The lowest BCUT2D eigenvalue weighted by Crippen LogP contribution is -2.31. The molecule has 0 spiro atoms. The van der Waals surface area contributed by atoms with Gasteiger partial charge in [0.15, 0.2) is 0 Å². The molecule has 8 nitrogen and oxygen atoms in total. The van der Waals surface area contributed by atoms with Gasteiger partial charge in [0, 0.05) is 12.8 Å². The van der Waals surface area contributed by atoms with Crippen LogP contribution in [0.2, 0.25) is 0 Å². The number of hydrogen-bond acceptors (Lipinski definition) is 7. The molecule has 1 aromatic carbocycles. The summed E-state index contributed by atoms with van der Waals surface area (Å²) in [5.41, 5.74) is -0.137. The van der Waals surface area contributed by atoms with Crippen LogP contribution >= 0.6 is 0 Å². The van der Waals surface area contributed by atoms with Crippen molar-refractivity contribution in [2.45, 2.75) is 124 Å². The maximum absolute atomic E-state index is 13.0. The number of carbonyl (C=O) groups excluding carboxylic acids is 3. The first kappa shape index (κ1) is 36.3. The van der Waals surface area contributed by atoms with E-state index in [0.717, 1.165) is 64.2 Å². The number of carboxylic acids is 1. The van der Waals surface area contributed by atoms with Crippen LogP contribution in [0.5, 0.6) is 0 Å². The molecule has 1 rings (SSSR count). The number of carbonyl (C=O) groups is 4. The molecule has 1 aromatic rings. The third-order valence-corrected chi connectivity index (χ3v) is 7.88. The SMILES string of the molecule is CCCCC(CC)CC(CC(CC)CCCC)C(O)COC(=O)c1ccccc1C(=O)OC(=O)CCCCC(=O)O. The monoisotopic (exact) mass is 576 g/mol. The molecule has 232 valence electrons. The van der Waals surface area contributed by atoms with Crippen molar-refractivity contribution in [3.8, 4) is 0 Å². The van der Waals surface area contributed by atoms with Gasteiger partial charge in [0.2, 0.25) is 0 Å². The number of hydrogen-bond donors (Lipinski definition) is 2. The van der Waals surface area contributed by atoms with E-state index < -0.39 is 30.0 Å². The number of carboxylic acid groups (broad SMARTS) is 1. The number of rotatable bonds is 22. The zero-order chi connectivity index (χ0) is 30.6. The van der Waals surface area contributed by atoms with E-state index in [0.29, 0.717) is 18.3 Å². The zero-order valence-corrected chi connectivity index (χ0v) is 25.6. The van der Waals surface area contributed by atoms with Gasteiger partial charge in [-0.1, -0.05) is 91.2 Å². The molecule has 0 aliphatic rings. The summed E-state index contributed by atoms with van der Waals surface area (Å²) in [6.45, 7) is 8.57. The summed E-state index contributed by atoms with van der Waals surface area (Å²) in [6.07, 6.45) is 10.2. The third-order valence-electron chi connectivity index (χ3n) is 7.88. The lowest BCUT2D eigenvalue weighted by Gasteiger charge is -2.30. The quantitative estimate of drug-likeness (QED) is 0.0832. The number of aliphatic hydroxyl groups excluding tert-OH is 1. The smallest absolute Gasteiger partial charge is 0.346 e. The number of ether oxygens (including phenoxy) is 2. The molecule has 0 radical (unpaired) electrons. The van der Waals surface area contributed by atoms with E-state index in [1.54, 1.807) is 12.1 Å². The topological polar surface area (TPSA) is 127 Å². The second-order valence-electron chi connectivity index (χ2n) is 11.1. The van der Waals surface area contributed by atoms with Crippen molar-refractivity contribution in [2.75, 3.05) is 6.61 Å². The van der Waals surface area contributed by atoms with Gasteiger partial charge in [-0.15, -0.1) is 0 Å². The number of unbranched alkanes of at least 4 members (excludes halogenated alkanes) is 3. The van der Waals surface area contributed by atoms with E-state index in [2.05, 4.69) is 27.7 Å². The Morgan fingerprint density at radius 1 is 0.756 bits per heavy atom. The summed E-state index contributed by atoms with van der Waals surface area (Å²) in [6, 6.07) is 5.95. The van der Waals surface area contributed by atoms with Crippen molar-refractivity contribution in [1.29, 1.82) is 0 Å². The molecule has 3 atom stereocenters. The summed E-state index contributed by atoms with van der Waals surface area (Å²) >= 11 is 0. The summed E-state index contributed by atoms with van der Waals surface area (Å²) < 4.78 is 10.4. The highest BCUT2D eigenvalue weighted by Gasteiger charge is 2.28. The van der Waals surface area contributed by atoms with Crippen LogP contribution in [-0.4, -0.2) is 46.8 Å². The Morgan fingerprint density at radius 3 is 1.76 bits per heavy atom. The van der Waals surface area contributed by atoms with Gasteiger partial charge in [0.05, 0.1) is 17.2 Å². The fourth-order valence-electron chi connectivity index (χ4n) is 5.20. The van der Waals surface area contributed by atoms with Gasteiger partial charge in [-0.2, -0.15) is 0 Å². The predicted octanol–water partition coefficient (Wildman–Crippen LogP) is 7.36. The molecule has 0 saturated heterocycles. The molecule has 2 N–H and O–H groups in total. The van der Waals surface area contributed by atoms with Crippen molar-refractivity contribution < 1.29 is 38.9 Å². The minimum Gasteiger partial charge on any atom is -0.481 e. The van der Waals surface area contributed by atoms with E-state index in [1.165, 1.54) is 12.1 Å². The van der Waals surface area contributed by atoms with Crippen molar-refractivity contribution in [3.63, 3.8) is 0 Å². The summed E-state index contributed by atoms with van der Waals surface area (Å²) in [4.78, 5) is 48.3. The molecule has 0 aliphatic heterocycles. The van der Waals surface area contributed by atoms with Crippen molar-refractivity contribution in [3.05, 3.63) is 35.4 Å². The zero-order valence-electron chi connectivity index (χ0n) is 25.6. The average Bonchev–Trinajstić information content (AvgIpc) is 2.96. The predicted molar refractivity (Wildman–Crippen MR) is 159 cm³/mol. The molecule has 0 heterocycles. The van der Waals surface area contributed by atoms with E-state index >= 15 is 0 Å². The van der Waals surface area contributed by atoms with E-state index in [9.17, 15) is 24.3 Å². The standard InChI is InChI=1S/C33H52O8/c1-5-9-15-24(7-3)21-26(22-25(8-4)16-10-6-2)29(34)23-40-32(38)27-17-11-12-18-28(27)33(39)41-31(37)20-14-13-19-30(35)36/h11-12,17-18,24-26,29,34H,5-10,13-16,19-23H2,1-4H3,(H,35,36). The van der Waals surface area contributed by atoms with Crippen LogP contribution in [0.15, 0.2) is 24.3 Å². The highest BCUT2D eigenvalue weighted by Crippen LogP contribution is 2.31. The van der Waals surface area contributed by atoms with Gasteiger partial charge >= 0.3 is 23.9 Å². The van der Waals surface area contributed by atoms with Gasteiger partial charge in [-0.05, 0) is 55.6 Å². The van der Waals surface area contributed by atoms with E-state index in [-0.39, 0.29) is 42.9 Å². The highest BCUT2D eigenvalue weighted by molar-refractivity contribution is 6.05. The second-order valence-corrected chi connectivity index (χ2v) is 11.1. The first-order valence-electron chi connectivity index (χ1n) is 15.6. The van der Waals surface area contributed by atoms with Crippen molar-refractivity contribution in [2.24, 2.45) is 17.8 Å². The van der Waals surface area contributed by atoms with Gasteiger partial charge in [0.25, 0.3) is 0 Å². The highest BCUT2D eigenvalue weighted by atomic mass is 16.6. The molecule has 0 aliphatic carbocycles. The molecule has 41 heavy (non-hydrogen) atoms. The van der Waals surface area contributed by atoms with Gasteiger partial charge in [-0.25, -0.2) is 9.59 Å². The molecular formula is C33H52O8. The Labute approximate surface area is 246 Å². The van der Waals surface area contributed by atoms with Gasteiger partial charge in [0.1, 0.15) is 6.61 Å². The fourth-order valence-corrected chi connectivity index (χ4v) is 5.20. The van der Waals surface area contributed by atoms with Gasteiger partial charge in [-0.3, -0.25) is 9.59 Å². The molecule has 0 saturated carbocycles. The Kier molecular flexibility index (Phi) is 18.6. The fraction of sp³-hybridized carbons (Fsp3) is 0.697. The number of aliphatic hydroxyl groups is 1. The Morgan fingerprint density at radius 2 is 1.27 bits per heavy atom. The first-order valence-corrected chi connectivity index (χ1v) is 15.6. The van der Waals surface area contributed by atoms with Gasteiger partial charge < -0.3 is 19.7 Å². The number of esters is 3. The van der Waals surface area contributed by atoms with E-state index in [1.807, 2.05) is 0 Å². The first-order chi connectivity index (χ1) is 19.7. The Bertz CT molecular complexity index is 910. The maximum atomic E-state index is 13.0. The number of aliphatic carboxylic acids is 1. The van der Waals surface area contributed by atoms with E-state index in [4.69, 9.17) is 14.6 Å². The molecule has 0 fully saturated rings. The maximum Gasteiger partial charge on any atom is 0.346 e. The normalized spacial score (nSPS) is 14.1. The van der Waals surface area contributed by atoms with Crippen LogP contribution in [0.25, 0.3) is 0 Å². The molecule has 3 unspecified atom stereocenters. The van der Waals surface area contributed by atoms with Crippen LogP contribution in [0.1, 0.15) is 138 Å². The summed E-state index contributed by atoms with van der Waals surface area (Å²) in [5.74, 6) is -2.46. The second kappa shape index (κ2) is 21.0. The lowest BCUT2D eigenvalue weighted by molar-refractivity contribution is -0.139. The van der Waals surface area contributed by atoms with Crippen LogP contribution in [0, 0.1) is 17.8 Å². The minimum atomic E-state index is -0.970. The lowest BCUT2D eigenvalue weighted by atomic mass is 9.79. The molecular weight excluding hydrogens is 524 g/mol. The van der Waals surface area contributed by atoms with Crippen molar-refractivity contribution >= 4 is 23.9 Å². The van der Waals surface area contributed by atoms with Crippen LogP contribution in [0.3, 0.4) is 0 Å². The van der Waals surface area contributed by atoms with Crippen LogP contribution < -0.4 is 0 Å². The number of benzene rings is 1. The average molecular weight is 577 g/mol. The molecule has 0 bridgehead atoms. The summed E-state index contributed by atoms with van der Waals surface area (Å²) in [5, 5.41) is 19.9. The molecule has 8 heteroatoms. The van der Waals surface area contributed by atoms with Crippen LogP contribution in [0.4, 0.5) is 0 Å². The van der Waals surface area contributed by atoms with Crippen molar-refractivity contribution in [1.82, 2.24) is 0 Å². The largest absolute Gasteiger partial charge is 0.481 e. The third kappa shape index (κ3) is 14.6. The van der Waals surface area contributed by atoms with Crippen LogP contribution in [-0.2, 0) is 19.1 Å². The minimum absolute atomic E-state index is 0.00497.